The predicted molar refractivity (Wildman–Crippen MR) is 59.3 cm³/mol. The molecule has 1 heterocycles. The SMILES string of the molecule is Cc1cc[n+](CCC(=O)NC(C)C)cc1.[Br-]. The molecule has 0 fully saturated rings. The number of pyridine rings is 1. The normalized spacial score (nSPS) is 9.75. The molecule has 16 heavy (non-hydrogen) atoms. The van der Waals surface area contributed by atoms with E-state index in [1.165, 1.54) is 5.56 Å². The number of halogens is 1. The summed E-state index contributed by atoms with van der Waals surface area (Å²) in [6, 6.07) is 4.31. The molecule has 0 aliphatic carbocycles. The van der Waals surface area contributed by atoms with Crippen molar-refractivity contribution in [3.05, 3.63) is 30.1 Å². The Morgan fingerprint density at radius 3 is 2.44 bits per heavy atom. The van der Waals surface area contributed by atoms with Gasteiger partial charge in [-0.1, -0.05) is 0 Å². The number of nitrogens with one attached hydrogen (secondary N) is 1. The molecule has 0 saturated carbocycles. The minimum atomic E-state index is 0. The molecule has 3 nitrogen and oxygen atoms in total. The topological polar surface area (TPSA) is 33.0 Å². The largest absolute Gasteiger partial charge is 1.00 e. The van der Waals surface area contributed by atoms with Gasteiger partial charge in [0.25, 0.3) is 0 Å². The molecular weight excluding hydrogens is 268 g/mol. The average molecular weight is 287 g/mol. The number of amides is 1. The molecule has 0 aliphatic heterocycles. The summed E-state index contributed by atoms with van der Waals surface area (Å²) >= 11 is 0. The van der Waals surface area contributed by atoms with E-state index >= 15 is 0 Å². The number of rotatable bonds is 4. The lowest BCUT2D eigenvalue weighted by Gasteiger charge is -2.06. The van der Waals surface area contributed by atoms with E-state index in [-0.39, 0.29) is 28.9 Å². The van der Waals surface area contributed by atoms with Crippen LogP contribution in [0.3, 0.4) is 0 Å². The Balaban J connectivity index is 0.00000225. The van der Waals surface area contributed by atoms with Gasteiger partial charge >= 0.3 is 0 Å². The Labute approximate surface area is 108 Å². The Kier molecular flexibility index (Phi) is 6.97. The van der Waals surface area contributed by atoms with Gasteiger partial charge in [-0.2, -0.15) is 0 Å². The zero-order valence-corrected chi connectivity index (χ0v) is 11.6. The third-order valence-corrected chi connectivity index (χ3v) is 2.10. The van der Waals surface area contributed by atoms with Crippen molar-refractivity contribution < 1.29 is 26.3 Å². The summed E-state index contributed by atoms with van der Waals surface area (Å²) in [7, 11) is 0. The first kappa shape index (κ1) is 15.1. The van der Waals surface area contributed by atoms with Crippen LogP contribution in [0.2, 0.25) is 0 Å². The van der Waals surface area contributed by atoms with Gasteiger partial charge in [0.05, 0.1) is 6.42 Å². The van der Waals surface area contributed by atoms with Gasteiger partial charge in [0.1, 0.15) is 0 Å². The van der Waals surface area contributed by atoms with E-state index in [0.29, 0.717) is 6.42 Å². The van der Waals surface area contributed by atoms with Crippen molar-refractivity contribution in [1.82, 2.24) is 5.32 Å². The van der Waals surface area contributed by atoms with Crippen molar-refractivity contribution >= 4 is 5.91 Å². The summed E-state index contributed by atoms with van der Waals surface area (Å²) in [5.41, 5.74) is 1.23. The van der Waals surface area contributed by atoms with Crippen LogP contribution in [0.1, 0.15) is 25.8 Å². The first-order valence-corrected chi connectivity index (χ1v) is 5.33. The molecular formula is C12H19BrN2O. The Bertz CT molecular complexity index is 322. The number of carbonyl (C=O) groups excluding carboxylic acids is 1. The molecule has 1 rings (SSSR count). The van der Waals surface area contributed by atoms with Crippen LogP contribution in [0.25, 0.3) is 0 Å². The highest BCUT2D eigenvalue weighted by molar-refractivity contribution is 5.75. The highest BCUT2D eigenvalue weighted by Crippen LogP contribution is 1.91. The van der Waals surface area contributed by atoms with Crippen molar-refractivity contribution in [3.8, 4) is 0 Å². The maximum absolute atomic E-state index is 11.4. The van der Waals surface area contributed by atoms with Gasteiger partial charge in [-0.3, -0.25) is 4.79 Å². The molecule has 0 aromatic carbocycles. The average Bonchev–Trinajstić information content (AvgIpc) is 2.16. The number of aromatic nitrogens is 1. The Hall–Kier alpha value is -0.900. The van der Waals surface area contributed by atoms with Crippen molar-refractivity contribution in [3.63, 3.8) is 0 Å². The van der Waals surface area contributed by atoms with Gasteiger partial charge in [0, 0.05) is 18.2 Å². The third kappa shape index (κ3) is 5.85. The molecule has 4 heteroatoms. The second-order valence-corrected chi connectivity index (χ2v) is 4.09. The van der Waals surface area contributed by atoms with Gasteiger partial charge in [0.2, 0.25) is 5.91 Å². The fraction of sp³-hybridized carbons (Fsp3) is 0.500. The van der Waals surface area contributed by atoms with Crippen molar-refractivity contribution in [2.24, 2.45) is 0 Å². The number of hydrogen-bond donors (Lipinski definition) is 1. The highest BCUT2D eigenvalue weighted by Gasteiger charge is 2.06. The van der Waals surface area contributed by atoms with Crippen LogP contribution < -0.4 is 26.9 Å². The highest BCUT2D eigenvalue weighted by atomic mass is 79.9. The summed E-state index contributed by atoms with van der Waals surface area (Å²) < 4.78 is 2.02. The first-order valence-electron chi connectivity index (χ1n) is 5.33. The minimum absolute atomic E-state index is 0. The van der Waals surface area contributed by atoms with Crippen LogP contribution in [-0.4, -0.2) is 11.9 Å². The predicted octanol–water partition coefficient (Wildman–Crippen LogP) is -1.80. The summed E-state index contributed by atoms with van der Waals surface area (Å²) in [5, 5.41) is 2.87. The van der Waals surface area contributed by atoms with Gasteiger partial charge in [-0.05, 0) is 26.3 Å². The molecule has 0 radical (unpaired) electrons. The molecule has 0 spiro atoms. The smallest absolute Gasteiger partial charge is 0.226 e. The van der Waals surface area contributed by atoms with Crippen LogP contribution >= 0.6 is 0 Å². The zero-order chi connectivity index (χ0) is 11.3. The van der Waals surface area contributed by atoms with Crippen LogP contribution in [0.4, 0.5) is 0 Å². The van der Waals surface area contributed by atoms with Crippen molar-refractivity contribution in [1.29, 1.82) is 0 Å². The molecule has 0 unspecified atom stereocenters. The number of nitrogens with zero attached hydrogens (tertiary/aromatic N) is 1. The second-order valence-electron chi connectivity index (χ2n) is 4.09. The van der Waals surface area contributed by atoms with E-state index in [2.05, 4.69) is 12.2 Å². The first-order chi connectivity index (χ1) is 7.08. The van der Waals surface area contributed by atoms with Gasteiger partial charge < -0.3 is 22.3 Å². The molecule has 1 aromatic heterocycles. The third-order valence-electron chi connectivity index (χ3n) is 2.10. The molecule has 0 saturated heterocycles. The van der Waals surface area contributed by atoms with E-state index in [4.69, 9.17) is 0 Å². The lowest BCUT2D eigenvalue weighted by atomic mass is 10.3. The lowest BCUT2D eigenvalue weighted by molar-refractivity contribution is -0.695. The van der Waals surface area contributed by atoms with E-state index in [1.807, 2.05) is 42.9 Å². The zero-order valence-electron chi connectivity index (χ0n) is 10.0. The van der Waals surface area contributed by atoms with Gasteiger partial charge in [-0.15, -0.1) is 0 Å². The van der Waals surface area contributed by atoms with Crippen LogP contribution in [-0.2, 0) is 11.3 Å². The minimum Gasteiger partial charge on any atom is -1.00 e. The number of carbonyl (C=O) groups is 1. The number of hydrogen-bond acceptors (Lipinski definition) is 1. The maximum atomic E-state index is 11.4. The Morgan fingerprint density at radius 1 is 1.38 bits per heavy atom. The summed E-state index contributed by atoms with van der Waals surface area (Å²) in [4.78, 5) is 11.4. The molecule has 0 bridgehead atoms. The van der Waals surface area contributed by atoms with Crippen molar-refractivity contribution in [2.75, 3.05) is 0 Å². The summed E-state index contributed by atoms with van der Waals surface area (Å²) in [6.07, 6.45) is 4.53. The monoisotopic (exact) mass is 286 g/mol. The van der Waals surface area contributed by atoms with Gasteiger partial charge in [-0.25, -0.2) is 4.57 Å². The fourth-order valence-corrected chi connectivity index (χ4v) is 1.31. The van der Waals surface area contributed by atoms with Crippen LogP contribution in [0.15, 0.2) is 24.5 Å². The molecule has 90 valence electrons. The molecule has 1 aromatic rings. The van der Waals surface area contributed by atoms with Crippen LogP contribution in [0.5, 0.6) is 0 Å². The van der Waals surface area contributed by atoms with E-state index < -0.39 is 0 Å². The molecule has 0 atom stereocenters. The summed E-state index contributed by atoms with van der Waals surface area (Å²) in [5.74, 6) is 0.109. The fourth-order valence-electron chi connectivity index (χ4n) is 1.31. The Morgan fingerprint density at radius 2 is 1.94 bits per heavy atom. The summed E-state index contributed by atoms with van der Waals surface area (Å²) in [6.45, 7) is 6.72. The van der Waals surface area contributed by atoms with Crippen LogP contribution in [0, 0.1) is 6.92 Å². The number of aryl methyl sites for hydroxylation is 2. The molecule has 1 N–H and O–H groups in total. The maximum Gasteiger partial charge on any atom is 0.226 e. The van der Waals surface area contributed by atoms with E-state index in [1.54, 1.807) is 0 Å². The van der Waals surface area contributed by atoms with Crippen molar-refractivity contribution in [2.45, 2.75) is 39.8 Å². The second kappa shape index (κ2) is 7.39. The van der Waals surface area contributed by atoms with Gasteiger partial charge in [0.15, 0.2) is 18.9 Å². The quantitative estimate of drug-likeness (QED) is 0.651. The van der Waals surface area contributed by atoms with E-state index in [9.17, 15) is 4.79 Å². The molecule has 0 aliphatic rings. The standard InChI is InChI=1S/C12H18N2O.BrH/c1-10(2)13-12(15)6-9-14-7-4-11(3)5-8-14;/h4-5,7-8,10H,6,9H2,1-3H3;1H. The molecule has 1 amide bonds. The van der Waals surface area contributed by atoms with E-state index in [0.717, 1.165) is 6.54 Å². The lowest BCUT2D eigenvalue weighted by Crippen LogP contribution is -3.00.